The van der Waals surface area contributed by atoms with Crippen LogP contribution in [-0.2, 0) is 6.42 Å². The molecule has 2 rings (SSSR count). The summed E-state index contributed by atoms with van der Waals surface area (Å²) in [6.45, 7) is 4.64. The number of rotatable bonds is 2. The van der Waals surface area contributed by atoms with Gasteiger partial charge in [0.1, 0.15) is 0 Å². The van der Waals surface area contributed by atoms with Crippen LogP contribution in [0.2, 0.25) is 0 Å². The van der Waals surface area contributed by atoms with Gasteiger partial charge in [-0.25, -0.2) is 0 Å². The molecule has 0 atom stereocenters. The lowest BCUT2D eigenvalue weighted by molar-refractivity contribution is 0.350. The Morgan fingerprint density at radius 3 is 2.50 bits per heavy atom. The smallest absolute Gasteiger partial charge is 0.00791 e. The van der Waals surface area contributed by atoms with Gasteiger partial charge in [0.15, 0.2) is 0 Å². The third-order valence-corrected chi connectivity index (χ3v) is 4.84. The standard InChI is InChI=1S/C13H20S/c1-3-12-8-9-13(14-12)11-6-4-10(2)5-7-11/h8-11H,3-7H2,1-2H3. The molecule has 0 aliphatic heterocycles. The third-order valence-electron chi connectivity index (χ3n) is 3.45. The molecule has 1 aromatic rings. The zero-order valence-corrected chi connectivity index (χ0v) is 10.1. The number of aryl methyl sites for hydroxylation is 1. The summed E-state index contributed by atoms with van der Waals surface area (Å²) in [6.07, 6.45) is 6.91. The maximum absolute atomic E-state index is 2.39. The van der Waals surface area contributed by atoms with Crippen molar-refractivity contribution in [1.29, 1.82) is 0 Å². The highest BCUT2D eigenvalue weighted by Gasteiger charge is 2.20. The van der Waals surface area contributed by atoms with Gasteiger partial charge in [-0.2, -0.15) is 0 Å². The quantitative estimate of drug-likeness (QED) is 0.666. The highest BCUT2D eigenvalue weighted by atomic mass is 32.1. The Bertz CT molecular complexity index is 279. The van der Waals surface area contributed by atoms with Crippen LogP contribution < -0.4 is 0 Å². The van der Waals surface area contributed by atoms with Crippen LogP contribution in [0.4, 0.5) is 0 Å². The summed E-state index contributed by atoms with van der Waals surface area (Å²) in [4.78, 5) is 3.20. The maximum atomic E-state index is 2.39. The molecule has 1 fully saturated rings. The van der Waals surface area contributed by atoms with Gasteiger partial charge in [0.05, 0.1) is 0 Å². The SMILES string of the molecule is CCc1ccc(C2CCC(C)CC2)s1. The lowest BCUT2D eigenvalue weighted by atomic mass is 9.82. The van der Waals surface area contributed by atoms with Crippen LogP contribution >= 0.6 is 11.3 Å². The lowest BCUT2D eigenvalue weighted by Crippen LogP contribution is -2.09. The summed E-state index contributed by atoms with van der Waals surface area (Å²) in [5, 5.41) is 0. The molecule has 1 saturated carbocycles. The lowest BCUT2D eigenvalue weighted by Gasteiger charge is -2.25. The van der Waals surface area contributed by atoms with Crippen molar-refractivity contribution < 1.29 is 0 Å². The van der Waals surface area contributed by atoms with Crippen molar-refractivity contribution >= 4 is 11.3 Å². The van der Waals surface area contributed by atoms with E-state index in [4.69, 9.17) is 0 Å². The minimum absolute atomic E-state index is 0.886. The van der Waals surface area contributed by atoms with Gasteiger partial charge >= 0.3 is 0 Å². The Labute approximate surface area is 91.4 Å². The highest BCUT2D eigenvalue weighted by Crippen LogP contribution is 2.38. The van der Waals surface area contributed by atoms with Crippen LogP contribution in [-0.4, -0.2) is 0 Å². The fourth-order valence-corrected chi connectivity index (χ4v) is 3.47. The molecule has 0 N–H and O–H groups in total. The summed E-state index contributed by atoms with van der Waals surface area (Å²) in [5.41, 5.74) is 0. The molecule has 0 saturated heterocycles. The van der Waals surface area contributed by atoms with Gasteiger partial charge in [0, 0.05) is 9.75 Å². The van der Waals surface area contributed by atoms with Crippen LogP contribution in [0.25, 0.3) is 0 Å². The molecule has 1 aromatic heterocycles. The van der Waals surface area contributed by atoms with Crippen molar-refractivity contribution in [2.45, 2.75) is 51.9 Å². The van der Waals surface area contributed by atoms with Gasteiger partial charge in [-0.3, -0.25) is 0 Å². The predicted octanol–water partition coefficient (Wildman–Crippen LogP) is 4.60. The summed E-state index contributed by atoms with van der Waals surface area (Å²) in [5.74, 6) is 1.85. The molecule has 14 heavy (non-hydrogen) atoms. The molecular weight excluding hydrogens is 188 g/mol. The average molecular weight is 208 g/mol. The van der Waals surface area contributed by atoms with Crippen LogP contribution in [0.1, 0.15) is 55.2 Å². The molecule has 0 unspecified atom stereocenters. The minimum Gasteiger partial charge on any atom is -0.145 e. The van der Waals surface area contributed by atoms with Crippen LogP contribution in [0.3, 0.4) is 0 Å². The van der Waals surface area contributed by atoms with Crippen LogP contribution in [0, 0.1) is 5.92 Å². The monoisotopic (exact) mass is 208 g/mol. The van der Waals surface area contributed by atoms with E-state index in [1.165, 1.54) is 32.1 Å². The first-order valence-electron chi connectivity index (χ1n) is 5.88. The molecular formula is C13H20S. The molecule has 0 amide bonds. The van der Waals surface area contributed by atoms with Gasteiger partial charge < -0.3 is 0 Å². The van der Waals surface area contributed by atoms with Gasteiger partial charge in [-0.05, 0) is 43.2 Å². The zero-order chi connectivity index (χ0) is 9.97. The van der Waals surface area contributed by atoms with Crippen molar-refractivity contribution in [3.05, 3.63) is 21.9 Å². The first-order chi connectivity index (χ1) is 6.79. The van der Waals surface area contributed by atoms with E-state index < -0.39 is 0 Å². The van der Waals surface area contributed by atoms with Crippen molar-refractivity contribution in [3.8, 4) is 0 Å². The molecule has 1 aliphatic carbocycles. The second-order valence-corrected chi connectivity index (χ2v) is 5.81. The summed E-state index contributed by atoms with van der Waals surface area (Å²) < 4.78 is 0. The van der Waals surface area contributed by atoms with Crippen molar-refractivity contribution in [1.82, 2.24) is 0 Å². The summed E-state index contributed by atoms with van der Waals surface area (Å²) in [7, 11) is 0. The van der Waals surface area contributed by atoms with E-state index in [1.807, 2.05) is 11.3 Å². The predicted molar refractivity (Wildman–Crippen MR) is 64.1 cm³/mol. The first kappa shape index (κ1) is 10.2. The Morgan fingerprint density at radius 1 is 1.21 bits per heavy atom. The largest absolute Gasteiger partial charge is 0.145 e. The van der Waals surface area contributed by atoms with Crippen LogP contribution in [0.15, 0.2) is 12.1 Å². The Balaban J connectivity index is 2.01. The fraction of sp³-hybridized carbons (Fsp3) is 0.692. The van der Waals surface area contributed by atoms with E-state index in [1.54, 1.807) is 9.75 Å². The molecule has 0 spiro atoms. The second-order valence-electron chi connectivity index (χ2n) is 4.61. The fourth-order valence-electron chi connectivity index (χ4n) is 2.35. The number of thiophene rings is 1. The molecule has 1 heteroatoms. The van der Waals surface area contributed by atoms with E-state index in [0.29, 0.717) is 0 Å². The van der Waals surface area contributed by atoms with E-state index >= 15 is 0 Å². The number of hydrogen-bond acceptors (Lipinski definition) is 1. The van der Waals surface area contributed by atoms with Gasteiger partial charge in [-0.15, -0.1) is 11.3 Å². The summed E-state index contributed by atoms with van der Waals surface area (Å²) >= 11 is 2.04. The van der Waals surface area contributed by atoms with Crippen molar-refractivity contribution in [2.24, 2.45) is 5.92 Å². The zero-order valence-electron chi connectivity index (χ0n) is 9.25. The van der Waals surface area contributed by atoms with Gasteiger partial charge in [0.25, 0.3) is 0 Å². The normalized spacial score (nSPS) is 27.9. The van der Waals surface area contributed by atoms with E-state index in [0.717, 1.165) is 11.8 Å². The molecule has 0 nitrogen and oxygen atoms in total. The number of hydrogen-bond donors (Lipinski definition) is 0. The van der Waals surface area contributed by atoms with Gasteiger partial charge in [0.2, 0.25) is 0 Å². The topological polar surface area (TPSA) is 0 Å². The Morgan fingerprint density at radius 2 is 1.93 bits per heavy atom. The summed E-state index contributed by atoms with van der Waals surface area (Å²) in [6, 6.07) is 4.68. The van der Waals surface area contributed by atoms with E-state index in [-0.39, 0.29) is 0 Å². The second kappa shape index (κ2) is 4.48. The highest BCUT2D eigenvalue weighted by molar-refractivity contribution is 7.12. The van der Waals surface area contributed by atoms with E-state index in [9.17, 15) is 0 Å². The van der Waals surface area contributed by atoms with Crippen molar-refractivity contribution in [2.75, 3.05) is 0 Å². The third kappa shape index (κ3) is 2.20. The van der Waals surface area contributed by atoms with E-state index in [2.05, 4.69) is 26.0 Å². The first-order valence-corrected chi connectivity index (χ1v) is 6.70. The Kier molecular flexibility index (Phi) is 3.27. The maximum Gasteiger partial charge on any atom is 0.00791 e. The molecule has 1 aliphatic rings. The van der Waals surface area contributed by atoms with Crippen molar-refractivity contribution in [3.63, 3.8) is 0 Å². The minimum atomic E-state index is 0.886. The molecule has 0 bridgehead atoms. The molecule has 1 heterocycles. The average Bonchev–Trinajstić information content (AvgIpc) is 2.67. The van der Waals surface area contributed by atoms with Crippen LogP contribution in [0.5, 0.6) is 0 Å². The Hall–Kier alpha value is -0.300. The van der Waals surface area contributed by atoms with Gasteiger partial charge in [-0.1, -0.05) is 26.7 Å². The molecule has 0 radical (unpaired) electrons. The molecule has 78 valence electrons. The molecule has 0 aromatic carbocycles.